The minimum atomic E-state index is -0.656. The standard InChI is InChI=1S/C53H36N2O/c1-5-20-39(21-6-1)54(40-22-7-2-8-23-40)43-32-33-46-51(36-43)56-50-35-38-19-14-13-18-37(38)34-48(50)53(46)45-29-16-15-28-44(45)52-47(53)30-17-31-49(52)55(41-24-9-3-10-25-41)42-26-11-4-12-27-42/h1-36H. The van der Waals surface area contributed by atoms with Crippen molar-refractivity contribution < 1.29 is 4.74 Å². The molecule has 0 saturated carbocycles. The Morgan fingerprint density at radius 3 is 1.45 bits per heavy atom. The summed E-state index contributed by atoms with van der Waals surface area (Å²) in [5.74, 6) is 1.72. The number of nitrogens with zero attached hydrogens (tertiary/aromatic N) is 2. The van der Waals surface area contributed by atoms with Crippen LogP contribution in [0, 0.1) is 0 Å². The normalized spacial score (nSPS) is 14.6. The third-order valence-corrected chi connectivity index (χ3v) is 11.4. The summed E-state index contributed by atoms with van der Waals surface area (Å²) in [6, 6.07) is 78.4. The van der Waals surface area contributed by atoms with Gasteiger partial charge in [-0.05, 0) is 100 Å². The maximum absolute atomic E-state index is 7.14. The number of para-hydroxylation sites is 4. The predicted octanol–water partition coefficient (Wildman–Crippen LogP) is 14.2. The zero-order valence-corrected chi connectivity index (χ0v) is 30.6. The first-order valence-corrected chi connectivity index (χ1v) is 19.2. The molecular weight excluding hydrogens is 681 g/mol. The average Bonchev–Trinajstić information content (AvgIpc) is 3.56. The highest BCUT2D eigenvalue weighted by atomic mass is 16.5. The second-order valence-corrected chi connectivity index (χ2v) is 14.5. The van der Waals surface area contributed by atoms with Gasteiger partial charge >= 0.3 is 0 Å². The van der Waals surface area contributed by atoms with Gasteiger partial charge in [-0.2, -0.15) is 0 Å². The highest BCUT2D eigenvalue weighted by molar-refractivity contribution is 5.99. The van der Waals surface area contributed by atoms with E-state index in [4.69, 9.17) is 4.74 Å². The van der Waals surface area contributed by atoms with E-state index in [-0.39, 0.29) is 0 Å². The van der Waals surface area contributed by atoms with Crippen LogP contribution in [-0.2, 0) is 5.41 Å². The van der Waals surface area contributed by atoms with E-state index in [1.165, 1.54) is 27.6 Å². The molecule has 3 heteroatoms. The van der Waals surface area contributed by atoms with Crippen molar-refractivity contribution in [1.82, 2.24) is 0 Å². The third kappa shape index (κ3) is 4.84. The van der Waals surface area contributed by atoms with E-state index < -0.39 is 5.41 Å². The van der Waals surface area contributed by atoms with Gasteiger partial charge in [-0.25, -0.2) is 0 Å². The van der Waals surface area contributed by atoms with Gasteiger partial charge in [0.2, 0.25) is 0 Å². The molecule has 0 saturated heterocycles. The van der Waals surface area contributed by atoms with Crippen molar-refractivity contribution in [2.45, 2.75) is 5.41 Å². The van der Waals surface area contributed by atoms with Gasteiger partial charge in [0, 0.05) is 51.2 Å². The summed E-state index contributed by atoms with van der Waals surface area (Å²) in [6.07, 6.45) is 0. The van der Waals surface area contributed by atoms with Gasteiger partial charge in [0.1, 0.15) is 11.5 Å². The van der Waals surface area contributed by atoms with Crippen LogP contribution in [0.3, 0.4) is 0 Å². The summed E-state index contributed by atoms with van der Waals surface area (Å²) in [4.78, 5) is 4.70. The highest BCUT2D eigenvalue weighted by Gasteiger charge is 2.52. The molecule has 11 rings (SSSR count). The quantitative estimate of drug-likeness (QED) is 0.170. The minimum absolute atomic E-state index is 0.656. The summed E-state index contributed by atoms with van der Waals surface area (Å²) in [6.45, 7) is 0. The summed E-state index contributed by atoms with van der Waals surface area (Å²) in [5.41, 5.74) is 13.1. The van der Waals surface area contributed by atoms with Crippen molar-refractivity contribution in [2.24, 2.45) is 0 Å². The van der Waals surface area contributed by atoms with Gasteiger partial charge in [-0.3, -0.25) is 0 Å². The number of fused-ring (bicyclic) bond motifs is 10. The summed E-state index contributed by atoms with van der Waals surface area (Å²) < 4.78 is 7.14. The molecule has 264 valence electrons. The monoisotopic (exact) mass is 716 g/mol. The Morgan fingerprint density at radius 1 is 0.321 bits per heavy atom. The van der Waals surface area contributed by atoms with Crippen molar-refractivity contribution in [2.75, 3.05) is 9.80 Å². The fraction of sp³-hybridized carbons (Fsp3) is 0.0189. The lowest BCUT2D eigenvalue weighted by molar-refractivity contribution is 0.437. The molecule has 56 heavy (non-hydrogen) atoms. The molecule has 0 radical (unpaired) electrons. The molecule has 2 aliphatic rings. The molecule has 0 amide bonds. The molecule has 0 aromatic heterocycles. The van der Waals surface area contributed by atoms with Gasteiger partial charge < -0.3 is 14.5 Å². The molecule has 3 nitrogen and oxygen atoms in total. The van der Waals surface area contributed by atoms with Gasteiger partial charge in [0.05, 0.1) is 11.1 Å². The first-order valence-electron chi connectivity index (χ1n) is 19.2. The average molecular weight is 717 g/mol. The van der Waals surface area contributed by atoms with Crippen LogP contribution in [0.1, 0.15) is 22.3 Å². The van der Waals surface area contributed by atoms with E-state index in [1.54, 1.807) is 0 Å². The Morgan fingerprint density at radius 2 is 0.821 bits per heavy atom. The second kappa shape index (κ2) is 12.9. The third-order valence-electron chi connectivity index (χ3n) is 11.4. The Kier molecular flexibility index (Phi) is 7.39. The van der Waals surface area contributed by atoms with Gasteiger partial charge in [0.25, 0.3) is 0 Å². The fourth-order valence-electron chi connectivity index (χ4n) is 9.16. The van der Waals surface area contributed by atoms with E-state index in [9.17, 15) is 0 Å². The molecule has 1 spiro atoms. The zero-order chi connectivity index (χ0) is 37.1. The van der Waals surface area contributed by atoms with Crippen LogP contribution in [-0.4, -0.2) is 0 Å². The molecular formula is C53H36N2O. The Labute approximate surface area is 326 Å². The molecule has 9 aromatic rings. The first kappa shape index (κ1) is 32.1. The number of anilines is 6. The van der Waals surface area contributed by atoms with Gasteiger partial charge in [-0.15, -0.1) is 0 Å². The molecule has 1 heterocycles. The Hall–Kier alpha value is -7.36. The lowest BCUT2D eigenvalue weighted by Crippen LogP contribution is -2.32. The zero-order valence-electron chi connectivity index (χ0n) is 30.6. The molecule has 1 aliphatic heterocycles. The Balaban J connectivity index is 1.22. The largest absolute Gasteiger partial charge is 0.457 e. The SMILES string of the molecule is c1ccc(N(c2ccccc2)c2ccc3c(c2)Oc2cc4ccccc4cc2C32c3ccccc3-c3c(N(c4ccccc4)c4ccccc4)cccc32)cc1. The first-order chi connectivity index (χ1) is 27.8. The number of ether oxygens (including phenoxy) is 1. The van der Waals surface area contributed by atoms with Crippen molar-refractivity contribution >= 4 is 44.9 Å². The summed E-state index contributed by atoms with van der Waals surface area (Å²) in [5, 5.41) is 2.33. The second-order valence-electron chi connectivity index (χ2n) is 14.5. The maximum atomic E-state index is 7.14. The Bertz CT molecular complexity index is 2810. The van der Waals surface area contributed by atoms with Crippen LogP contribution in [0.2, 0.25) is 0 Å². The summed E-state index contributed by atoms with van der Waals surface area (Å²) in [7, 11) is 0. The highest BCUT2D eigenvalue weighted by Crippen LogP contribution is 2.65. The van der Waals surface area contributed by atoms with Gasteiger partial charge in [-0.1, -0.05) is 140 Å². The smallest absolute Gasteiger partial charge is 0.134 e. The minimum Gasteiger partial charge on any atom is -0.457 e. The van der Waals surface area contributed by atoms with Crippen molar-refractivity contribution in [3.63, 3.8) is 0 Å². The lowest BCUT2D eigenvalue weighted by Gasteiger charge is -2.40. The molecule has 1 aliphatic carbocycles. The van der Waals surface area contributed by atoms with E-state index >= 15 is 0 Å². The summed E-state index contributed by atoms with van der Waals surface area (Å²) >= 11 is 0. The molecule has 0 bridgehead atoms. The predicted molar refractivity (Wildman–Crippen MR) is 231 cm³/mol. The molecule has 1 atom stereocenters. The topological polar surface area (TPSA) is 15.7 Å². The van der Waals surface area contributed by atoms with Crippen molar-refractivity contribution in [3.05, 3.63) is 241 Å². The van der Waals surface area contributed by atoms with Crippen molar-refractivity contribution in [3.8, 4) is 22.6 Å². The van der Waals surface area contributed by atoms with Crippen molar-refractivity contribution in [1.29, 1.82) is 0 Å². The van der Waals surface area contributed by atoms with E-state index in [0.29, 0.717) is 0 Å². The maximum Gasteiger partial charge on any atom is 0.134 e. The van der Waals surface area contributed by atoms with E-state index in [2.05, 4.69) is 228 Å². The van der Waals surface area contributed by atoms with Crippen LogP contribution in [0.25, 0.3) is 21.9 Å². The van der Waals surface area contributed by atoms with Crippen LogP contribution >= 0.6 is 0 Å². The number of benzene rings is 9. The molecule has 0 fully saturated rings. The van der Waals surface area contributed by atoms with Crippen LogP contribution < -0.4 is 14.5 Å². The van der Waals surface area contributed by atoms with Crippen LogP contribution in [0.5, 0.6) is 11.5 Å². The number of hydrogen-bond acceptors (Lipinski definition) is 3. The molecule has 0 N–H and O–H groups in total. The fourth-order valence-corrected chi connectivity index (χ4v) is 9.16. The number of rotatable bonds is 6. The van der Waals surface area contributed by atoms with Crippen LogP contribution in [0.15, 0.2) is 218 Å². The number of hydrogen-bond donors (Lipinski definition) is 0. The van der Waals surface area contributed by atoms with Crippen LogP contribution in [0.4, 0.5) is 34.1 Å². The van der Waals surface area contributed by atoms with E-state index in [0.717, 1.165) is 62.1 Å². The molecule has 1 unspecified atom stereocenters. The van der Waals surface area contributed by atoms with E-state index in [1.807, 2.05) is 0 Å². The lowest BCUT2D eigenvalue weighted by atomic mass is 9.65. The molecule has 9 aromatic carbocycles. The van der Waals surface area contributed by atoms with Gasteiger partial charge in [0.15, 0.2) is 0 Å².